The molecule has 0 saturated carbocycles. The zero-order chi connectivity index (χ0) is 14.0. The lowest BCUT2D eigenvalue weighted by Gasteiger charge is -2.17. The fraction of sp³-hybridized carbons (Fsp3) is 0.200. The summed E-state index contributed by atoms with van der Waals surface area (Å²) in [5, 5.41) is 3.10. The predicted molar refractivity (Wildman–Crippen MR) is 77.3 cm³/mol. The van der Waals surface area contributed by atoms with Gasteiger partial charge in [0.05, 0.1) is 6.04 Å². The average Bonchev–Trinajstić information content (AvgIpc) is 2.33. The highest BCUT2D eigenvalue weighted by atomic mass is 79.9. The molecule has 0 saturated heterocycles. The molecule has 2 aromatic carbocycles. The van der Waals surface area contributed by atoms with Crippen LogP contribution in [-0.4, -0.2) is 0 Å². The fourth-order valence-electron chi connectivity index (χ4n) is 1.93. The Morgan fingerprint density at radius 3 is 2.32 bits per heavy atom. The van der Waals surface area contributed by atoms with Crippen molar-refractivity contribution in [3.8, 4) is 0 Å². The van der Waals surface area contributed by atoms with Crippen molar-refractivity contribution in [2.75, 3.05) is 5.32 Å². The van der Waals surface area contributed by atoms with Crippen LogP contribution in [-0.2, 0) is 0 Å². The zero-order valence-corrected chi connectivity index (χ0v) is 12.3. The highest BCUT2D eigenvalue weighted by Gasteiger charge is 2.15. The van der Waals surface area contributed by atoms with Crippen LogP contribution in [0.1, 0.15) is 24.1 Å². The molecule has 2 aromatic rings. The number of nitrogens with one attached hydrogen (secondary N) is 1. The van der Waals surface area contributed by atoms with Crippen molar-refractivity contribution in [2.24, 2.45) is 0 Å². The maximum atomic E-state index is 13.7. The van der Waals surface area contributed by atoms with E-state index in [0.29, 0.717) is 0 Å². The maximum Gasteiger partial charge on any atom is 0.131 e. The number of hydrogen-bond acceptors (Lipinski definition) is 1. The van der Waals surface area contributed by atoms with Gasteiger partial charge in [0.1, 0.15) is 11.6 Å². The van der Waals surface area contributed by atoms with Gasteiger partial charge < -0.3 is 5.32 Å². The quantitative estimate of drug-likeness (QED) is 0.816. The smallest absolute Gasteiger partial charge is 0.131 e. The summed E-state index contributed by atoms with van der Waals surface area (Å²) in [6.07, 6.45) is 0. The van der Waals surface area contributed by atoms with Gasteiger partial charge >= 0.3 is 0 Å². The van der Waals surface area contributed by atoms with Crippen molar-refractivity contribution in [2.45, 2.75) is 19.9 Å². The summed E-state index contributed by atoms with van der Waals surface area (Å²) in [7, 11) is 0. The number of aryl methyl sites for hydroxylation is 1. The summed E-state index contributed by atoms with van der Waals surface area (Å²) in [4.78, 5) is 0. The molecule has 1 atom stereocenters. The van der Waals surface area contributed by atoms with Gasteiger partial charge in [0.25, 0.3) is 0 Å². The van der Waals surface area contributed by atoms with E-state index in [0.717, 1.165) is 15.7 Å². The second kappa shape index (κ2) is 5.70. The van der Waals surface area contributed by atoms with E-state index in [-0.39, 0.29) is 5.56 Å². The molecular weight excluding hydrogens is 312 g/mol. The molecule has 0 bridgehead atoms. The van der Waals surface area contributed by atoms with Crippen LogP contribution in [0, 0.1) is 18.6 Å². The summed E-state index contributed by atoms with van der Waals surface area (Å²) in [5.74, 6) is -1.07. The van der Waals surface area contributed by atoms with Crippen molar-refractivity contribution in [3.05, 3.63) is 63.6 Å². The first kappa shape index (κ1) is 14.0. The Kier molecular flexibility index (Phi) is 4.20. The molecule has 4 heteroatoms. The Balaban J connectivity index is 2.25. The zero-order valence-electron chi connectivity index (χ0n) is 10.7. The minimum Gasteiger partial charge on any atom is -0.378 e. The summed E-state index contributed by atoms with van der Waals surface area (Å²) in [5.41, 5.74) is 1.97. The summed E-state index contributed by atoms with van der Waals surface area (Å²) in [6.45, 7) is 3.71. The summed E-state index contributed by atoms with van der Waals surface area (Å²) in [6, 6.07) is 9.17. The third-order valence-corrected chi connectivity index (χ3v) is 3.84. The second-order valence-electron chi connectivity index (χ2n) is 4.47. The molecule has 0 aromatic heterocycles. The molecule has 0 spiro atoms. The number of anilines is 1. The Morgan fingerprint density at radius 2 is 1.74 bits per heavy atom. The van der Waals surface area contributed by atoms with Gasteiger partial charge in [0, 0.05) is 15.7 Å². The number of rotatable bonds is 3. The lowest BCUT2D eigenvalue weighted by molar-refractivity contribution is 0.544. The van der Waals surface area contributed by atoms with Gasteiger partial charge in [-0.1, -0.05) is 28.1 Å². The predicted octanol–water partition coefficient (Wildman–Crippen LogP) is 5.21. The van der Waals surface area contributed by atoms with Gasteiger partial charge in [0.15, 0.2) is 0 Å². The topological polar surface area (TPSA) is 12.0 Å². The SMILES string of the molecule is Cc1ccc(NC(C)c2c(F)cccc2F)cc1Br. The normalized spacial score (nSPS) is 12.3. The summed E-state index contributed by atoms with van der Waals surface area (Å²) < 4.78 is 28.3. The largest absolute Gasteiger partial charge is 0.378 e. The fourth-order valence-corrected chi connectivity index (χ4v) is 2.31. The van der Waals surface area contributed by atoms with Crippen molar-refractivity contribution in [1.29, 1.82) is 0 Å². The average molecular weight is 326 g/mol. The van der Waals surface area contributed by atoms with E-state index in [1.54, 1.807) is 6.92 Å². The molecule has 0 aliphatic carbocycles. The molecule has 19 heavy (non-hydrogen) atoms. The molecule has 2 rings (SSSR count). The van der Waals surface area contributed by atoms with Crippen LogP contribution >= 0.6 is 15.9 Å². The molecule has 1 nitrogen and oxygen atoms in total. The van der Waals surface area contributed by atoms with E-state index >= 15 is 0 Å². The molecule has 0 radical (unpaired) electrons. The van der Waals surface area contributed by atoms with Crippen LogP contribution in [0.3, 0.4) is 0 Å². The van der Waals surface area contributed by atoms with E-state index in [1.807, 2.05) is 25.1 Å². The molecular formula is C15H14BrF2N. The lowest BCUT2D eigenvalue weighted by atomic mass is 10.1. The lowest BCUT2D eigenvalue weighted by Crippen LogP contribution is -2.10. The van der Waals surface area contributed by atoms with Gasteiger partial charge in [-0.05, 0) is 43.7 Å². The molecule has 0 fully saturated rings. The van der Waals surface area contributed by atoms with E-state index in [1.165, 1.54) is 18.2 Å². The Hall–Kier alpha value is -1.42. The van der Waals surface area contributed by atoms with E-state index in [4.69, 9.17) is 0 Å². The van der Waals surface area contributed by atoms with Gasteiger partial charge in [0.2, 0.25) is 0 Å². The first-order valence-corrected chi connectivity index (χ1v) is 6.75. The van der Waals surface area contributed by atoms with Crippen LogP contribution in [0.5, 0.6) is 0 Å². The van der Waals surface area contributed by atoms with Crippen molar-refractivity contribution in [3.63, 3.8) is 0 Å². The van der Waals surface area contributed by atoms with Crippen LogP contribution < -0.4 is 5.32 Å². The monoisotopic (exact) mass is 325 g/mol. The molecule has 0 amide bonds. The van der Waals surface area contributed by atoms with Crippen molar-refractivity contribution < 1.29 is 8.78 Å². The first-order chi connectivity index (χ1) is 8.99. The van der Waals surface area contributed by atoms with Gasteiger partial charge in [-0.2, -0.15) is 0 Å². The molecule has 100 valence electrons. The Bertz CT molecular complexity index is 578. The van der Waals surface area contributed by atoms with Crippen LogP contribution in [0.15, 0.2) is 40.9 Å². The molecule has 1 N–H and O–H groups in total. The van der Waals surface area contributed by atoms with E-state index in [2.05, 4.69) is 21.2 Å². The van der Waals surface area contributed by atoms with Crippen LogP contribution in [0.4, 0.5) is 14.5 Å². The van der Waals surface area contributed by atoms with E-state index in [9.17, 15) is 8.78 Å². The highest BCUT2D eigenvalue weighted by Crippen LogP contribution is 2.26. The molecule has 0 aliphatic heterocycles. The third kappa shape index (κ3) is 3.13. The van der Waals surface area contributed by atoms with Crippen LogP contribution in [0.2, 0.25) is 0 Å². The number of halogens is 3. The van der Waals surface area contributed by atoms with Gasteiger partial charge in [-0.3, -0.25) is 0 Å². The Labute approximate surface area is 119 Å². The van der Waals surface area contributed by atoms with Gasteiger partial charge in [-0.25, -0.2) is 8.78 Å². The van der Waals surface area contributed by atoms with Crippen molar-refractivity contribution in [1.82, 2.24) is 0 Å². The van der Waals surface area contributed by atoms with Crippen LogP contribution in [0.25, 0.3) is 0 Å². The second-order valence-corrected chi connectivity index (χ2v) is 5.32. The number of benzene rings is 2. The highest BCUT2D eigenvalue weighted by molar-refractivity contribution is 9.10. The Morgan fingerprint density at radius 1 is 1.11 bits per heavy atom. The molecule has 0 heterocycles. The summed E-state index contributed by atoms with van der Waals surface area (Å²) >= 11 is 3.43. The molecule has 1 unspecified atom stereocenters. The third-order valence-electron chi connectivity index (χ3n) is 2.99. The van der Waals surface area contributed by atoms with E-state index < -0.39 is 17.7 Å². The number of hydrogen-bond donors (Lipinski definition) is 1. The maximum absolute atomic E-state index is 13.7. The van der Waals surface area contributed by atoms with Gasteiger partial charge in [-0.15, -0.1) is 0 Å². The molecule has 0 aliphatic rings. The standard InChI is InChI=1S/C15H14BrF2N/c1-9-6-7-11(8-12(9)16)19-10(2)15-13(17)4-3-5-14(15)18/h3-8,10,19H,1-2H3. The van der Waals surface area contributed by atoms with Crippen molar-refractivity contribution >= 4 is 21.6 Å². The first-order valence-electron chi connectivity index (χ1n) is 5.95. The minimum atomic E-state index is -0.536. The minimum absolute atomic E-state index is 0.0548.